The molecule has 100 valence electrons. The van der Waals surface area contributed by atoms with E-state index < -0.39 is 0 Å². The number of hydrogen-bond donors (Lipinski definition) is 2. The molecule has 0 amide bonds. The molecule has 2 aromatic rings. The number of anilines is 1. The lowest BCUT2D eigenvalue weighted by Gasteiger charge is -2.18. The monoisotopic (exact) mass is 283 g/mol. The molecule has 0 atom stereocenters. The zero-order chi connectivity index (χ0) is 13.8. The van der Waals surface area contributed by atoms with Crippen LogP contribution in [0.5, 0.6) is 0 Å². The Kier molecular flexibility index (Phi) is 3.64. The maximum absolute atomic E-state index is 5.29. The molecule has 0 bridgehead atoms. The Morgan fingerprint density at radius 1 is 1.30 bits per heavy atom. The third-order valence-corrected chi connectivity index (χ3v) is 3.30. The van der Waals surface area contributed by atoms with Crippen molar-refractivity contribution in [1.82, 2.24) is 15.4 Å². The first-order valence-electron chi connectivity index (χ1n) is 6.31. The summed E-state index contributed by atoms with van der Waals surface area (Å²) in [6.07, 6.45) is 6.00. The van der Waals surface area contributed by atoms with Gasteiger partial charge in [-0.1, -0.05) is 12.2 Å². The normalized spacial score (nSPS) is 15.3. The Hall–Kier alpha value is -2.34. The van der Waals surface area contributed by atoms with Gasteiger partial charge in [0, 0.05) is 37.1 Å². The Morgan fingerprint density at radius 3 is 3.05 bits per heavy atom. The van der Waals surface area contributed by atoms with Crippen LogP contribution in [0.25, 0.3) is 0 Å². The van der Waals surface area contributed by atoms with Crippen LogP contribution >= 0.6 is 12.2 Å². The summed E-state index contributed by atoms with van der Waals surface area (Å²) in [5.74, 6) is 0. The fraction of sp³-hybridized carbons (Fsp3) is 0.143. The van der Waals surface area contributed by atoms with Crippen molar-refractivity contribution in [3.63, 3.8) is 0 Å². The summed E-state index contributed by atoms with van der Waals surface area (Å²) >= 11 is 5.29. The highest BCUT2D eigenvalue weighted by Gasteiger charge is 2.16. The van der Waals surface area contributed by atoms with E-state index in [1.165, 1.54) is 0 Å². The Bertz CT molecular complexity index is 654. The van der Waals surface area contributed by atoms with E-state index in [-0.39, 0.29) is 0 Å². The van der Waals surface area contributed by atoms with Gasteiger partial charge in [0.05, 0.1) is 11.4 Å². The van der Waals surface area contributed by atoms with Crippen molar-refractivity contribution in [2.75, 3.05) is 11.9 Å². The van der Waals surface area contributed by atoms with E-state index in [4.69, 9.17) is 12.2 Å². The van der Waals surface area contributed by atoms with Crippen LogP contribution in [0.1, 0.15) is 17.7 Å². The maximum atomic E-state index is 5.29. The number of thiocarbonyl (C=S) groups is 1. The van der Waals surface area contributed by atoms with Gasteiger partial charge in [-0.3, -0.25) is 15.4 Å². The van der Waals surface area contributed by atoms with Crippen molar-refractivity contribution in [3.05, 3.63) is 54.1 Å². The highest BCUT2D eigenvalue weighted by Crippen LogP contribution is 2.18. The number of rotatable bonds is 2. The molecule has 0 aliphatic carbocycles. The Morgan fingerprint density at radius 2 is 2.20 bits per heavy atom. The van der Waals surface area contributed by atoms with Crippen LogP contribution in [-0.2, 0) is 0 Å². The lowest BCUT2D eigenvalue weighted by Crippen LogP contribution is -2.24. The summed E-state index contributed by atoms with van der Waals surface area (Å²) < 4.78 is 0. The topological polar surface area (TPSA) is 62.2 Å². The second-order valence-corrected chi connectivity index (χ2v) is 4.73. The molecule has 0 radical (unpaired) electrons. The quantitative estimate of drug-likeness (QED) is 0.651. The molecule has 0 aromatic carbocycles. The van der Waals surface area contributed by atoms with E-state index in [0.717, 1.165) is 35.6 Å². The maximum Gasteiger partial charge on any atom is 0.128 e. The van der Waals surface area contributed by atoms with Gasteiger partial charge < -0.3 is 5.32 Å². The van der Waals surface area contributed by atoms with Crippen molar-refractivity contribution in [2.45, 2.75) is 6.42 Å². The molecule has 1 aliphatic heterocycles. The van der Waals surface area contributed by atoms with Crippen LogP contribution in [0.15, 0.2) is 48.0 Å². The van der Waals surface area contributed by atoms with Crippen LogP contribution in [0, 0.1) is 0 Å². The summed E-state index contributed by atoms with van der Waals surface area (Å²) in [6, 6.07) is 7.65. The molecule has 3 heterocycles. The average molecular weight is 283 g/mol. The number of hydrazone groups is 1. The zero-order valence-corrected chi connectivity index (χ0v) is 11.5. The van der Waals surface area contributed by atoms with Crippen molar-refractivity contribution in [2.24, 2.45) is 5.10 Å². The van der Waals surface area contributed by atoms with Gasteiger partial charge in [0.1, 0.15) is 10.7 Å². The lowest BCUT2D eigenvalue weighted by molar-refractivity contribution is 0.977. The van der Waals surface area contributed by atoms with E-state index in [9.17, 15) is 0 Å². The average Bonchev–Trinajstić information content (AvgIpc) is 2.53. The zero-order valence-electron chi connectivity index (χ0n) is 10.7. The molecule has 20 heavy (non-hydrogen) atoms. The molecule has 0 unspecified atom stereocenters. The summed E-state index contributed by atoms with van der Waals surface area (Å²) in [6.45, 7) is 0.846. The minimum Gasteiger partial charge on any atom is -0.383 e. The molecule has 1 aliphatic rings. The molecular formula is C14H13N5S. The van der Waals surface area contributed by atoms with Crippen molar-refractivity contribution in [3.8, 4) is 0 Å². The molecule has 0 saturated carbocycles. The number of nitrogens with zero attached hydrogens (tertiary/aromatic N) is 3. The number of aromatic nitrogens is 2. The first-order chi connectivity index (χ1) is 9.84. The van der Waals surface area contributed by atoms with Crippen molar-refractivity contribution < 1.29 is 0 Å². The van der Waals surface area contributed by atoms with Gasteiger partial charge in [0.2, 0.25) is 0 Å². The fourth-order valence-corrected chi connectivity index (χ4v) is 2.17. The smallest absolute Gasteiger partial charge is 0.128 e. The van der Waals surface area contributed by atoms with E-state index in [0.29, 0.717) is 4.99 Å². The third kappa shape index (κ3) is 2.65. The van der Waals surface area contributed by atoms with Gasteiger partial charge in [0.25, 0.3) is 0 Å². The summed E-state index contributed by atoms with van der Waals surface area (Å²) in [7, 11) is 0. The third-order valence-electron chi connectivity index (χ3n) is 2.97. The minimum absolute atomic E-state index is 0.557. The largest absolute Gasteiger partial charge is 0.383 e. The number of fused-ring (bicyclic) bond motifs is 1. The summed E-state index contributed by atoms with van der Waals surface area (Å²) in [4.78, 5) is 8.96. The molecule has 6 heteroatoms. The first-order valence-corrected chi connectivity index (χ1v) is 6.71. The van der Waals surface area contributed by atoms with E-state index >= 15 is 0 Å². The molecule has 0 saturated heterocycles. The van der Waals surface area contributed by atoms with Crippen LogP contribution in [0.3, 0.4) is 0 Å². The van der Waals surface area contributed by atoms with Crippen LogP contribution in [-0.4, -0.2) is 27.2 Å². The molecule has 2 N–H and O–H groups in total. The summed E-state index contributed by atoms with van der Waals surface area (Å²) in [5, 5.41) is 7.69. The highest BCUT2D eigenvalue weighted by atomic mass is 32.1. The first kappa shape index (κ1) is 12.7. The van der Waals surface area contributed by atoms with Gasteiger partial charge in [-0.2, -0.15) is 5.10 Å². The predicted molar refractivity (Wildman–Crippen MR) is 83.0 cm³/mol. The van der Waals surface area contributed by atoms with Crippen molar-refractivity contribution in [1.29, 1.82) is 0 Å². The summed E-state index contributed by atoms with van der Waals surface area (Å²) in [5.41, 5.74) is 6.56. The number of pyridine rings is 2. The van der Waals surface area contributed by atoms with Gasteiger partial charge in [-0.05, 0) is 24.3 Å². The molecule has 0 spiro atoms. The number of nitrogens with one attached hydrogen (secondary N) is 2. The van der Waals surface area contributed by atoms with Crippen LogP contribution in [0.4, 0.5) is 5.69 Å². The fourth-order valence-electron chi connectivity index (χ4n) is 2.00. The Balaban J connectivity index is 1.79. The standard InChI is InChI=1S/C14H13N5S/c20-14(10-3-1-6-15-9-10)19-18-12-5-8-16-11-4-2-7-17-13(11)12/h1-4,6-7,9,16H,5,8H2,(H,19,20)/b18-12-. The van der Waals surface area contributed by atoms with Gasteiger partial charge >= 0.3 is 0 Å². The van der Waals surface area contributed by atoms with E-state index in [1.807, 2.05) is 24.3 Å². The molecule has 2 aromatic heterocycles. The Labute approximate surface area is 122 Å². The van der Waals surface area contributed by atoms with Crippen molar-refractivity contribution >= 4 is 28.6 Å². The van der Waals surface area contributed by atoms with Crippen LogP contribution in [0.2, 0.25) is 0 Å². The lowest BCUT2D eigenvalue weighted by atomic mass is 10.1. The van der Waals surface area contributed by atoms with Crippen LogP contribution < -0.4 is 10.7 Å². The molecule has 0 fully saturated rings. The van der Waals surface area contributed by atoms with Gasteiger partial charge in [-0.25, -0.2) is 0 Å². The highest BCUT2D eigenvalue weighted by molar-refractivity contribution is 7.80. The van der Waals surface area contributed by atoms with Gasteiger partial charge in [0.15, 0.2) is 0 Å². The number of hydrogen-bond acceptors (Lipinski definition) is 5. The SMILES string of the molecule is S=C(N/N=C1/CCNc2cccnc21)c1cccnc1. The van der Waals surface area contributed by atoms with Gasteiger partial charge in [-0.15, -0.1) is 0 Å². The predicted octanol–water partition coefficient (Wildman–Crippen LogP) is 1.96. The second kappa shape index (κ2) is 5.75. The molecule has 3 rings (SSSR count). The van der Waals surface area contributed by atoms with E-state index in [1.54, 1.807) is 18.6 Å². The molecular weight excluding hydrogens is 270 g/mol. The molecule has 5 nitrogen and oxygen atoms in total. The second-order valence-electron chi connectivity index (χ2n) is 4.32. The van der Waals surface area contributed by atoms with E-state index in [2.05, 4.69) is 25.8 Å². The minimum atomic E-state index is 0.557.